The van der Waals surface area contributed by atoms with Crippen LogP contribution in [-0.2, 0) is 0 Å². The molecule has 2 aliphatic carbocycles. The monoisotopic (exact) mass is 239 g/mol. The van der Waals surface area contributed by atoms with Crippen LogP contribution in [0, 0.1) is 23.7 Å². The molecule has 0 heterocycles. The van der Waals surface area contributed by atoms with E-state index in [4.69, 9.17) is 0 Å². The van der Waals surface area contributed by atoms with Crippen molar-refractivity contribution in [3.8, 4) is 0 Å². The van der Waals surface area contributed by atoms with Gasteiger partial charge in [0, 0.05) is 0 Å². The van der Waals surface area contributed by atoms with Gasteiger partial charge in [0.1, 0.15) is 6.10 Å². The third kappa shape index (κ3) is 1.84. The van der Waals surface area contributed by atoms with E-state index >= 15 is 0 Å². The lowest BCUT2D eigenvalue weighted by Crippen LogP contribution is -2.60. The largest absolute Gasteiger partial charge is 0.390 e. The molecular weight excluding hydrogens is 214 g/mol. The van der Waals surface area contributed by atoms with Crippen molar-refractivity contribution in [2.45, 2.75) is 57.8 Å². The van der Waals surface area contributed by atoms with Crippen LogP contribution in [0.1, 0.15) is 40.0 Å². The Morgan fingerprint density at radius 2 is 1.88 bits per heavy atom. The number of hydrogen-bond acceptors (Lipinski definition) is 3. The minimum absolute atomic E-state index is 0.365. The third-order valence-electron chi connectivity index (χ3n) is 5.59. The summed E-state index contributed by atoms with van der Waals surface area (Å²) in [6.07, 6.45) is 1.58. The van der Waals surface area contributed by atoms with Crippen molar-refractivity contribution >= 4 is 6.72 Å². The molecule has 3 heteroatoms. The van der Waals surface area contributed by atoms with Crippen molar-refractivity contribution in [1.29, 1.82) is 0 Å². The van der Waals surface area contributed by atoms with E-state index in [2.05, 4.69) is 25.6 Å². The first-order chi connectivity index (χ1) is 7.91. The summed E-state index contributed by atoms with van der Waals surface area (Å²) in [7, 11) is 0. The van der Waals surface area contributed by atoms with Gasteiger partial charge in [0.25, 0.3) is 0 Å². The number of fused-ring (bicyclic) bond motifs is 1. The molecule has 17 heavy (non-hydrogen) atoms. The lowest BCUT2D eigenvalue weighted by molar-refractivity contribution is -0.122. The van der Waals surface area contributed by atoms with Crippen molar-refractivity contribution in [1.82, 2.24) is 0 Å². The van der Waals surface area contributed by atoms with Crippen LogP contribution in [0.2, 0.25) is 0 Å². The average molecular weight is 239 g/mol. The summed E-state index contributed by atoms with van der Waals surface area (Å²) in [5.41, 5.74) is -0.573. The Kier molecular flexibility index (Phi) is 3.34. The van der Waals surface area contributed by atoms with Crippen LogP contribution in [0.5, 0.6) is 0 Å². The van der Waals surface area contributed by atoms with Gasteiger partial charge < -0.3 is 10.2 Å². The topological polar surface area (TPSA) is 52.8 Å². The molecule has 2 rings (SSSR count). The van der Waals surface area contributed by atoms with E-state index in [1.807, 2.05) is 6.92 Å². The van der Waals surface area contributed by atoms with E-state index in [0.29, 0.717) is 30.1 Å². The van der Waals surface area contributed by atoms with Crippen LogP contribution in [0.25, 0.3) is 0 Å². The highest BCUT2D eigenvalue weighted by Gasteiger charge is 2.54. The SMILES string of the molecule is C=N[C@]1(C)C(O)C(O)CC2C1CC[C@H](C)[C@@H]2C. The summed E-state index contributed by atoms with van der Waals surface area (Å²) in [5, 5.41) is 20.3. The third-order valence-corrected chi connectivity index (χ3v) is 5.59. The molecule has 3 nitrogen and oxygen atoms in total. The predicted molar refractivity (Wildman–Crippen MR) is 69.1 cm³/mol. The minimum atomic E-state index is -0.762. The first kappa shape index (κ1) is 13.0. The molecule has 0 saturated heterocycles. The van der Waals surface area contributed by atoms with Gasteiger partial charge in [-0.05, 0) is 50.2 Å². The van der Waals surface area contributed by atoms with Gasteiger partial charge in [-0.3, -0.25) is 4.99 Å². The second-order valence-electron chi connectivity index (χ2n) is 6.32. The lowest BCUT2D eigenvalue weighted by atomic mass is 9.55. The molecule has 7 atom stereocenters. The number of aliphatic hydroxyl groups excluding tert-OH is 2. The number of aliphatic hydroxyl groups is 2. The molecule has 2 N–H and O–H groups in total. The van der Waals surface area contributed by atoms with Crippen molar-refractivity contribution in [2.75, 3.05) is 0 Å². The normalized spacial score (nSPS) is 55.1. The van der Waals surface area contributed by atoms with Gasteiger partial charge in [0.15, 0.2) is 0 Å². The molecule has 4 unspecified atom stereocenters. The van der Waals surface area contributed by atoms with Crippen LogP contribution in [0.15, 0.2) is 4.99 Å². The first-order valence-corrected chi connectivity index (χ1v) is 6.75. The van der Waals surface area contributed by atoms with E-state index in [1.165, 1.54) is 6.42 Å². The molecule has 0 bridgehead atoms. The molecule has 2 aliphatic rings. The smallest absolute Gasteiger partial charge is 0.105 e. The molecular formula is C14H25NO2. The van der Waals surface area contributed by atoms with E-state index in [0.717, 1.165) is 6.42 Å². The quantitative estimate of drug-likeness (QED) is 0.686. The average Bonchev–Trinajstić information content (AvgIpc) is 2.31. The number of nitrogens with zero attached hydrogens (tertiary/aromatic N) is 1. The fraction of sp³-hybridized carbons (Fsp3) is 0.929. The van der Waals surface area contributed by atoms with Crippen molar-refractivity contribution < 1.29 is 10.2 Å². The van der Waals surface area contributed by atoms with E-state index in [1.54, 1.807) is 0 Å². The highest BCUT2D eigenvalue weighted by molar-refractivity contribution is 5.28. The lowest BCUT2D eigenvalue weighted by Gasteiger charge is -2.54. The fourth-order valence-corrected chi connectivity index (χ4v) is 4.04. The van der Waals surface area contributed by atoms with Crippen molar-refractivity contribution in [3.05, 3.63) is 0 Å². The highest BCUT2D eigenvalue weighted by atomic mass is 16.3. The second kappa shape index (κ2) is 4.36. The maximum absolute atomic E-state index is 10.2. The molecule has 0 aromatic rings. The molecule has 98 valence electrons. The Balaban J connectivity index is 2.32. The summed E-state index contributed by atoms with van der Waals surface area (Å²) >= 11 is 0. The second-order valence-corrected chi connectivity index (χ2v) is 6.32. The van der Waals surface area contributed by atoms with Crippen LogP contribution in [0.3, 0.4) is 0 Å². The Morgan fingerprint density at radius 3 is 2.47 bits per heavy atom. The predicted octanol–water partition coefficient (Wildman–Crippen LogP) is 1.87. The summed E-state index contributed by atoms with van der Waals surface area (Å²) in [6.45, 7) is 10.2. The van der Waals surface area contributed by atoms with Gasteiger partial charge in [0.05, 0.1) is 11.6 Å². The number of hydrogen-bond donors (Lipinski definition) is 2. The van der Waals surface area contributed by atoms with Crippen LogP contribution in [0.4, 0.5) is 0 Å². The molecule has 0 radical (unpaired) electrons. The van der Waals surface area contributed by atoms with Gasteiger partial charge in [0.2, 0.25) is 0 Å². The van der Waals surface area contributed by atoms with Gasteiger partial charge >= 0.3 is 0 Å². The summed E-state index contributed by atoms with van der Waals surface area (Å²) in [5.74, 6) is 2.13. The molecule has 0 aromatic heterocycles. The van der Waals surface area contributed by atoms with Crippen molar-refractivity contribution in [3.63, 3.8) is 0 Å². The van der Waals surface area contributed by atoms with E-state index in [-0.39, 0.29) is 0 Å². The summed E-state index contributed by atoms with van der Waals surface area (Å²) in [4.78, 5) is 4.19. The molecule has 0 amide bonds. The number of rotatable bonds is 1. The Morgan fingerprint density at radius 1 is 1.24 bits per heavy atom. The van der Waals surface area contributed by atoms with Crippen LogP contribution in [-0.4, -0.2) is 34.7 Å². The molecule has 2 saturated carbocycles. The fourth-order valence-electron chi connectivity index (χ4n) is 4.04. The summed E-state index contributed by atoms with van der Waals surface area (Å²) < 4.78 is 0. The van der Waals surface area contributed by atoms with Gasteiger partial charge in [-0.15, -0.1) is 0 Å². The van der Waals surface area contributed by atoms with E-state index in [9.17, 15) is 10.2 Å². The molecule has 0 aromatic carbocycles. The van der Waals surface area contributed by atoms with E-state index < -0.39 is 17.7 Å². The zero-order chi connectivity index (χ0) is 12.8. The first-order valence-electron chi connectivity index (χ1n) is 6.75. The zero-order valence-electron chi connectivity index (χ0n) is 11.1. The Labute approximate surface area is 104 Å². The minimum Gasteiger partial charge on any atom is -0.390 e. The number of aliphatic imine (C=N–C) groups is 1. The van der Waals surface area contributed by atoms with Gasteiger partial charge in [-0.25, -0.2) is 0 Å². The maximum atomic E-state index is 10.2. The standard InChI is InChI=1S/C14H25NO2/c1-8-5-6-11-10(9(8)2)7-12(16)13(17)14(11,3)15-4/h8-13,16-17H,4-7H2,1-3H3/t8-,9-,10?,11?,12?,13?,14-/m0/s1. The molecule has 0 spiro atoms. The molecule has 2 fully saturated rings. The Bertz CT molecular complexity index is 307. The summed E-state index contributed by atoms with van der Waals surface area (Å²) in [6, 6.07) is 0. The highest BCUT2D eigenvalue weighted by Crippen LogP contribution is 2.51. The van der Waals surface area contributed by atoms with Crippen LogP contribution < -0.4 is 0 Å². The zero-order valence-corrected chi connectivity index (χ0v) is 11.1. The Hall–Kier alpha value is -0.410. The maximum Gasteiger partial charge on any atom is 0.105 e. The molecule has 0 aliphatic heterocycles. The van der Waals surface area contributed by atoms with Crippen LogP contribution >= 0.6 is 0 Å². The van der Waals surface area contributed by atoms with Crippen molar-refractivity contribution in [2.24, 2.45) is 28.7 Å². The van der Waals surface area contributed by atoms with Gasteiger partial charge in [-0.1, -0.05) is 20.3 Å². The van der Waals surface area contributed by atoms with Gasteiger partial charge in [-0.2, -0.15) is 0 Å².